The summed E-state index contributed by atoms with van der Waals surface area (Å²) < 4.78 is 42.2. The lowest BCUT2D eigenvalue weighted by Crippen LogP contribution is -2.48. The predicted molar refractivity (Wildman–Crippen MR) is 105 cm³/mol. The highest BCUT2D eigenvalue weighted by atomic mass is 32.2. The fourth-order valence-electron chi connectivity index (χ4n) is 4.39. The molecule has 1 saturated heterocycles. The summed E-state index contributed by atoms with van der Waals surface area (Å²) in [6, 6.07) is 4.28. The molecule has 0 N–H and O–H groups in total. The molecule has 1 spiro atoms. The fraction of sp³-hybridized carbons (Fsp3) is 0.500. The van der Waals surface area contributed by atoms with Gasteiger partial charge >= 0.3 is 0 Å². The van der Waals surface area contributed by atoms with E-state index in [0.29, 0.717) is 24.6 Å². The second-order valence-corrected chi connectivity index (χ2v) is 10.0. The Hall–Kier alpha value is -2.06. The van der Waals surface area contributed by atoms with Crippen LogP contribution in [0, 0.1) is 12.7 Å². The zero-order chi connectivity index (χ0) is 20.1. The first-order chi connectivity index (χ1) is 13.2. The monoisotopic (exact) mass is 404 g/mol. The number of nitrogens with zero attached hydrogens (tertiary/aromatic N) is 4. The van der Waals surface area contributed by atoms with E-state index >= 15 is 0 Å². The molecule has 0 saturated carbocycles. The normalized spacial score (nSPS) is 22.4. The molecule has 1 aromatic heterocycles. The number of rotatable bonds is 3. The van der Waals surface area contributed by atoms with Crippen molar-refractivity contribution in [1.29, 1.82) is 0 Å². The number of hydrogen-bond acceptors (Lipinski definition) is 5. The van der Waals surface area contributed by atoms with E-state index in [9.17, 15) is 12.8 Å². The molecule has 1 aliphatic heterocycles. The maximum absolute atomic E-state index is 14.4. The Morgan fingerprint density at radius 3 is 2.75 bits per heavy atom. The minimum atomic E-state index is -3.90. The summed E-state index contributed by atoms with van der Waals surface area (Å²) in [5.41, 5.74) is 2.42. The van der Waals surface area contributed by atoms with Gasteiger partial charge < -0.3 is 4.90 Å². The minimum absolute atomic E-state index is 0.245. The highest BCUT2D eigenvalue weighted by Crippen LogP contribution is 2.45. The maximum atomic E-state index is 14.4. The Bertz CT molecular complexity index is 1020. The van der Waals surface area contributed by atoms with Crippen LogP contribution in [0.4, 0.5) is 10.3 Å². The van der Waals surface area contributed by atoms with Gasteiger partial charge in [0.2, 0.25) is 16.0 Å². The SMILES string of the molecule is Cc1ccc(S(=O)(=O)N2CCCC3(CCc4cnc(N(C)C)nc43)C2)c(F)c1. The Balaban J connectivity index is 1.71. The molecular weight excluding hydrogens is 379 g/mol. The predicted octanol–water partition coefficient (Wildman–Crippen LogP) is 2.66. The third-order valence-corrected chi connectivity index (χ3v) is 7.75. The van der Waals surface area contributed by atoms with Gasteiger partial charge in [-0.3, -0.25) is 0 Å². The van der Waals surface area contributed by atoms with Crippen molar-refractivity contribution in [2.45, 2.75) is 42.9 Å². The lowest BCUT2D eigenvalue weighted by atomic mass is 9.78. The van der Waals surface area contributed by atoms with Crippen LogP contribution < -0.4 is 4.90 Å². The smallest absolute Gasteiger partial charge is 0.246 e. The van der Waals surface area contributed by atoms with Crippen LogP contribution in [0.5, 0.6) is 0 Å². The van der Waals surface area contributed by atoms with Gasteiger partial charge in [0.15, 0.2) is 0 Å². The number of benzene rings is 1. The third-order valence-electron chi connectivity index (χ3n) is 5.87. The molecule has 0 radical (unpaired) electrons. The van der Waals surface area contributed by atoms with Gasteiger partial charge in [0.25, 0.3) is 0 Å². The van der Waals surface area contributed by atoms with Gasteiger partial charge in [-0.1, -0.05) is 6.07 Å². The van der Waals surface area contributed by atoms with Gasteiger partial charge in [0.05, 0.1) is 5.69 Å². The van der Waals surface area contributed by atoms with Crippen molar-refractivity contribution in [2.24, 2.45) is 0 Å². The van der Waals surface area contributed by atoms with Crippen molar-refractivity contribution in [2.75, 3.05) is 32.1 Å². The molecule has 1 aliphatic carbocycles. The molecule has 1 aromatic carbocycles. The summed E-state index contributed by atoms with van der Waals surface area (Å²) in [5, 5.41) is 0. The average molecular weight is 405 g/mol. The van der Waals surface area contributed by atoms with Crippen LogP contribution in [0.25, 0.3) is 0 Å². The summed E-state index contributed by atoms with van der Waals surface area (Å²) in [7, 11) is -0.117. The van der Waals surface area contributed by atoms with E-state index in [4.69, 9.17) is 4.98 Å². The van der Waals surface area contributed by atoms with Gasteiger partial charge in [0.1, 0.15) is 10.7 Å². The standard InChI is InChI=1S/C20H25FN4O2S/c1-14-5-6-17(16(21)11-14)28(26,27)25-10-4-8-20(13-25)9-7-15-12-22-19(24(2)3)23-18(15)20/h5-6,11-12H,4,7-10,13H2,1-3H3. The summed E-state index contributed by atoms with van der Waals surface area (Å²) >= 11 is 0. The van der Waals surface area contributed by atoms with E-state index in [2.05, 4.69) is 4.98 Å². The number of fused-ring (bicyclic) bond motifs is 2. The molecule has 2 heterocycles. The molecule has 28 heavy (non-hydrogen) atoms. The van der Waals surface area contributed by atoms with Crippen molar-refractivity contribution in [3.8, 4) is 0 Å². The number of piperidine rings is 1. The maximum Gasteiger partial charge on any atom is 0.246 e. The number of hydrogen-bond donors (Lipinski definition) is 0. The van der Waals surface area contributed by atoms with Crippen molar-refractivity contribution >= 4 is 16.0 Å². The molecule has 2 aliphatic rings. The van der Waals surface area contributed by atoms with Gasteiger partial charge in [-0.25, -0.2) is 22.8 Å². The Morgan fingerprint density at radius 2 is 2.04 bits per heavy atom. The largest absolute Gasteiger partial charge is 0.347 e. The number of anilines is 1. The van der Waals surface area contributed by atoms with E-state index in [1.165, 1.54) is 16.4 Å². The molecule has 6 nitrogen and oxygen atoms in total. The molecular formula is C20H25FN4O2S. The molecule has 1 atom stereocenters. The van der Waals surface area contributed by atoms with E-state index in [0.717, 1.165) is 36.9 Å². The second kappa shape index (κ2) is 6.77. The second-order valence-electron chi connectivity index (χ2n) is 8.09. The first-order valence-corrected chi connectivity index (χ1v) is 11.0. The topological polar surface area (TPSA) is 66.4 Å². The molecule has 150 valence electrons. The lowest BCUT2D eigenvalue weighted by Gasteiger charge is -2.39. The summed E-state index contributed by atoms with van der Waals surface area (Å²) in [5.74, 6) is -0.0618. The van der Waals surface area contributed by atoms with Crippen molar-refractivity contribution in [3.63, 3.8) is 0 Å². The first-order valence-electron chi connectivity index (χ1n) is 9.53. The molecule has 4 rings (SSSR count). The highest BCUT2D eigenvalue weighted by molar-refractivity contribution is 7.89. The Morgan fingerprint density at radius 1 is 1.25 bits per heavy atom. The van der Waals surface area contributed by atoms with Crippen LogP contribution in [0.2, 0.25) is 0 Å². The number of sulfonamides is 1. The van der Waals surface area contributed by atoms with Crippen LogP contribution in [-0.2, 0) is 21.9 Å². The Kier molecular flexibility index (Phi) is 4.66. The quantitative estimate of drug-likeness (QED) is 0.787. The van der Waals surface area contributed by atoms with Crippen LogP contribution in [-0.4, -0.2) is 49.9 Å². The molecule has 0 bridgehead atoms. The molecule has 8 heteroatoms. The van der Waals surface area contributed by atoms with Crippen LogP contribution in [0.15, 0.2) is 29.3 Å². The first kappa shape index (κ1) is 19.3. The third kappa shape index (κ3) is 3.08. The number of aryl methyl sites for hydroxylation is 2. The summed E-state index contributed by atoms with van der Waals surface area (Å²) in [4.78, 5) is 10.8. The van der Waals surface area contributed by atoms with Crippen molar-refractivity contribution < 1.29 is 12.8 Å². The van der Waals surface area contributed by atoms with Crippen molar-refractivity contribution in [1.82, 2.24) is 14.3 Å². The van der Waals surface area contributed by atoms with Gasteiger partial charge in [-0.2, -0.15) is 4.31 Å². The summed E-state index contributed by atoms with van der Waals surface area (Å²) in [6.07, 6.45) is 5.16. The van der Waals surface area contributed by atoms with E-state index in [1.54, 1.807) is 13.0 Å². The average Bonchev–Trinajstić information content (AvgIpc) is 2.99. The van der Waals surface area contributed by atoms with E-state index in [1.807, 2.05) is 25.2 Å². The highest BCUT2D eigenvalue weighted by Gasteiger charge is 2.46. The number of halogens is 1. The van der Waals surface area contributed by atoms with Crippen LogP contribution in [0.3, 0.4) is 0 Å². The fourth-order valence-corrected chi connectivity index (χ4v) is 6.00. The van der Waals surface area contributed by atoms with Crippen molar-refractivity contribution in [3.05, 3.63) is 47.0 Å². The van der Waals surface area contributed by atoms with E-state index in [-0.39, 0.29) is 10.3 Å². The summed E-state index contributed by atoms with van der Waals surface area (Å²) in [6.45, 7) is 2.48. The zero-order valence-electron chi connectivity index (χ0n) is 16.4. The van der Waals surface area contributed by atoms with E-state index < -0.39 is 15.8 Å². The molecule has 1 unspecified atom stereocenters. The van der Waals surface area contributed by atoms with Crippen LogP contribution >= 0.6 is 0 Å². The molecule has 1 fully saturated rings. The van der Waals surface area contributed by atoms with Crippen LogP contribution in [0.1, 0.15) is 36.1 Å². The Labute approximate surface area is 165 Å². The van der Waals surface area contributed by atoms with Gasteiger partial charge in [-0.05, 0) is 55.9 Å². The minimum Gasteiger partial charge on any atom is -0.347 e. The van der Waals surface area contributed by atoms with Gasteiger partial charge in [0, 0.05) is 38.8 Å². The zero-order valence-corrected chi connectivity index (χ0v) is 17.3. The molecule has 2 aromatic rings. The number of aromatic nitrogens is 2. The lowest BCUT2D eigenvalue weighted by molar-refractivity contribution is 0.219. The molecule has 0 amide bonds. The van der Waals surface area contributed by atoms with Gasteiger partial charge in [-0.15, -0.1) is 0 Å².